The van der Waals surface area contributed by atoms with E-state index in [0.29, 0.717) is 45.1 Å². The molecule has 0 aliphatic heterocycles. The van der Waals surface area contributed by atoms with Gasteiger partial charge < -0.3 is 19.5 Å². The van der Waals surface area contributed by atoms with Gasteiger partial charge in [0.05, 0.1) is 23.1 Å². The van der Waals surface area contributed by atoms with Gasteiger partial charge in [-0.3, -0.25) is 14.9 Å². The van der Waals surface area contributed by atoms with E-state index in [4.69, 9.17) is 14.2 Å². The van der Waals surface area contributed by atoms with Crippen molar-refractivity contribution in [1.82, 2.24) is 0 Å². The fraction of sp³-hybridized carbons (Fsp3) is 0.154. The van der Waals surface area contributed by atoms with Gasteiger partial charge in [-0.05, 0) is 64.3 Å². The summed E-state index contributed by atoms with van der Waals surface area (Å²) in [6.07, 6.45) is 1.43. The van der Waals surface area contributed by atoms with Crippen LogP contribution in [0, 0.1) is 21.4 Å². The summed E-state index contributed by atoms with van der Waals surface area (Å²) < 4.78 is 17.2. The molecular weight excluding hydrogens is 530 g/mol. The first kappa shape index (κ1) is 26.2. The highest BCUT2D eigenvalue weighted by Gasteiger charge is 2.15. The first-order valence-corrected chi connectivity index (χ1v) is 11.5. The van der Waals surface area contributed by atoms with Gasteiger partial charge in [-0.1, -0.05) is 18.2 Å². The number of halogens is 1. The number of methoxy groups -OCH3 is 1. The monoisotopic (exact) mass is 551 g/mol. The number of hydrogen-bond donors (Lipinski definition) is 1. The topological polar surface area (TPSA) is 124 Å². The Morgan fingerprint density at radius 3 is 2.64 bits per heavy atom. The van der Waals surface area contributed by atoms with Crippen LogP contribution in [0.5, 0.6) is 17.2 Å². The largest absolute Gasteiger partial charge is 0.494 e. The van der Waals surface area contributed by atoms with E-state index in [0.717, 1.165) is 0 Å². The van der Waals surface area contributed by atoms with Gasteiger partial charge in [-0.25, -0.2) is 0 Å². The number of ether oxygens (including phenoxy) is 3. The van der Waals surface area contributed by atoms with Gasteiger partial charge in [0.2, 0.25) is 0 Å². The van der Waals surface area contributed by atoms with Crippen LogP contribution in [0.1, 0.15) is 18.1 Å². The van der Waals surface area contributed by atoms with Crippen LogP contribution in [0.2, 0.25) is 0 Å². The molecule has 9 nitrogen and oxygen atoms in total. The molecule has 3 aromatic rings. The standard InChI is InChI=1S/C26H22BrN3O6/c1-3-35-22-9-5-7-20(14-22)29-26(31)19(15-28)10-18-12-23(27)25(24(13-18)34-2)36-16-17-6-4-8-21(11-17)30(32)33/h4-14H,3,16H2,1-2H3,(H,29,31)/b19-10-. The lowest BCUT2D eigenvalue weighted by Crippen LogP contribution is -2.13. The molecule has 10 heteroatoms. The van der Waals surface area contributed by atoms with E-state index in [1.165, 1.54) is 25.3 Å². The molecule has 3 aromatic carbocycles. The lowest BCUT2D eigenvalue weighted by atomic mass is 10.1. The molecule has 0 aromatic heterocycles. The Morgan fingerprint density at radius 1 is 1.17 bits per heavy atom. The maximum absolute atomic E-state index is 12.7. The van der Waals surface area contributed by atoms with Gasteiger partial charge in [0.25, 0.3) is 11.6 Å². The molecule has 1 amide bonds. The molecule has 0 aliphatic rings. The number of anilines is 1. The fourth-order valence-corrected chi connectivity index (χ4v) is 3.80. The molecule has 0 aliphatic carbocycles. The van der Waals surface area contributed by atoms with Gasteiger partial charge in [-0.2, -0.15) is 5.26 Å². The summed E-state index contributed by atoms with van der Waals surface area (Å²) in [5.41, 5.74) is 1.48. The van der Waals surface area contributed by atoms with Crippen molar-refractivity contribution in [3.63, 3.8) is 0 Å². The zero-order valence-corrected chi connectivity index (χ0v) is 21.1. The summed E-state index contributed by atoms with van der Waals surface area (Å²) in [4.78, 5) is 23.2. The van der Waals surface area contributed by atoms with E-state index >= 15 is 0 Å². The molecule has 0 saturated heterocycles. The normalized spacial score (nSPS) is 10.8. The fourth-order valence-electron chi connectivity index (χ4n) is 3.22. The SMILES string of the molecule is CCOc1cccc(NC(=O)/C(C#N)=C\c2cc(Br)c(OCc3cccc([N+](=O)[O-])c3)c(OC)c2)c1. The maximum atomic E-state index is 12.7. The van der Waals surface area contributed by atoms with Crippen molar-refractivity contribution >= 4 is 39.3 Å². The first-order chi connectivity index (χ1) is 17.3. The summed E-state index contributed by atoms with van der Waals surface area (Å²) in [5.74, 6) is 0.749. The van der Waals surface area contributed by atoms with Crippen LogP contribution < -0.4 is 19.5 Å². The minimum Gasteiger partial charge on any atom is -0.494 e. The van der Waals surface area contributed by atoms with Gasteiger partial charge in [-0.15, -0.1) is 0 Å². The molecule has 0 fully saturated rings. The summed E-state index contributed by atoms with van der Waals surface area (Å²) in [5, 5.41) is 23.3. The van der Waals surface area contributed by atoms with Crippen LogP contribution >= 0.6 is 15.9 Å². The Labute approximate surface area is 216 Å². The predicted molar refractivity (Wildman–Crippen MR) is 138 cm³/mol. The van der Waals surface area contributed by atoms with E-state index < -0.39 is 10.8 Å². The number of rotatable bonds is 10. The van der Waals surface area contributed by atoms with Crippen molar-refractivity contribution < 1.29 is 23.9 Å². The number of nitriles is 1. The van der Waals surface area contributed by atoms with E-state index in [9.17, 15) is 20.2 Å². The minimum absolute atomic E-state index is 0.0328. The van der Waals surface area contributed by atoms with Crippen molar-refractivity contribution in [3.05, 3.63) is 92.0 Å². The molecule has 184 valence electrons. The number of carbonyl (C=O) groups is 1. The molecule has 0 unspecified atom stereocenters. The van der Waals surface area contributed by atoms with E-state index in [1.807, 2.05) is 13.0 Å². The highest BCUT2D eigenvalue weighted by atomic mass is 79.9. The number of hydrogen-bond acceptors (Lipinski definition) is 7. The second kappa shape index (κ2) is 12.4. The predicted octanol–water partition coefficient (Wildman–Crippen LogP) is 5.89. The maximum Gasteiger partial charge on any atom is 0.269 e. The summed E-state index contributed by atoms with van der Waals surface area (Å²) in [7, 11) is 1.46. The lowest BCUT2D eigenvalue weighted by Gasteiger charge is -2.14. The number of nitrogens with one attached hydrogen (secondary N) is 1. The zero-order chi connectivity index (χ0) is 26.1. The molecule has 1 N–H and O–H groups in total. The van der Waals surface area contributed by atoms with E-state index in [-0.39, 0.29) is 17.9 Å². The quantitative estimate of drug-likeness (QED) is 0.144. The van der Waals surface area contributed by atoms with Crippen molar-refractivity contribution in [1.29, 1.82) is 5.26 Å². The number of nitrogens with zero attached hydrogens (tertiary/aromatic N) is 2. The van der Waals surface area contributed by atoms with Crippen LogP contribution in [0.25, 0.3) is 6.08 Å². The summed E-state index contributed by atoms with van der Waals surface area (Å²) in [6, 6.07) is 18.2. The number of non-ortho nitro benzene ring substituents is 1. The second-order valence-electron chi connectivity index (χ2n) is 7.33. The highest BCUT2D eigenvalue weighted by Crippen LogP contribution is 2.38. The third kappa shape index (κ3) is 6.84. The molecule has 0 radical (unpaired) electrons. The van der Waals surface area contributed by atoms with Crippen LogP contribution in [-0.2, 0) is 11.4 Å². The molecule has 0 heterocycles. The van der Waals surface area contributed by atoms with Crippen LogP contribution in [0.15, 0.2) is 70.7 Å². The summed E-state index contributed by atoms with van der Waals surface area (Å²) >= 11 is 3.44. The third-order valence-corrected chi connectivity index (χ3v) is 5.42. The average Bonchev–Trinajstić information content (AvgIpc) is 2.86. The molecule has 0 atom stereocenters. The van der Waals surface area contributed by atoms with Gasteiger partial charge >= 0.3 is 0 Å². The molecule has 36 heavy (non-hydrogen) atoms. The second-order valence-corrected chi connectivity index (χ2v) is 8.19. The van der Waals surface area contributed by atoms with Crippen molar-refractivity contribution in [2.45, 2.75) is 13.5 Å². The zero-order valence-electron chi connectivity index (χ0n) is 19.5. The van der Waals surface area contributed by atoms with Crippen molar-refractivity contribution in [2.24, 2.45) is 0 Å². The van der Waals surface area contributed by atoms with Crippen LogP contribution in [-0.4, -0.2) is 24.5 Å². The number of amides is 1. The van der Waals surface area contributed by atoms with Crippen LogP contribution in [0.3, 0.4) is 0 Å². The minimum atomic E-state index is -0.577. The Morgan fingerprint density at radius 2 is 1.94 bits per heavy atom. The Balaban J connectivity index is 1.80. The van der Waals surface area contributed by atoms with E-state index in [1.54, 1.807) is 48.5 Å². The first-order valence-electron chi connectivity index (χ1n) is 10.7. The number of nitro benzene ring substituents is 1. The van der Waals surface area contributed by atoms with Gasteiger partial charge in [0, 0.05) is 23.9 Å². The Hall–Kier alpha value is -4.36. The molecule has 3 rings (SSSR count). The Kier molecular flexibility index (Phi) is 9.02. The van der Waals surface area contributed by atoms with Gasteiger partial charge in [0.1, 0.15) is 24.0 Å². The molecule has 0 bridgehead atoms. The number of nitro groups is 1. The third-order valence-electron chi connectivity index (χ3n) is 4.84. The van der Waals surface area contributed by atoms with Crippen molar-refractivity contribution in [2.75, 3.05) is 19.0 Å². The smallest absolute Gasteiger partial charge is 0.269 e. The molecule has 0 saturated carbocycles. The summed E-state index contributed by atoms with van der Waals surface area (Å²) in [6.45, 7) is 2.42. The lowest BCUT2D eigenvalue weighted by molar-refractivity contribution is -0.384. The molecular formula is C26H22BrN3O6. The highest BCUT2D eigenvalue weighted by molar-refractivity contribution is 9.10. The van der Waals surface area contributed by atoms with Crippen molar-refractivity contribution in [3.8, 4) is 23.3 Å². The Bertz CT molecular complexity index is 1350. The number of carbonyl (C=O) groups excluding carboxylic acids is 1. The van der Waals surface area contributed by atoms with Gasteiger partial charge in [0.15, 0.2) is 11.5 Å². The average molecular weight is 552 g/mol. The number of benzene rings is 3. The van der Waals surface area contributed by atoms with E-state index in [2.05, 4.69) is 21.2 Å². The molecule has 0 spiro atoms. The van der Waals surface area contributed by atoms with Crippen LogP contribution in [0.4, 0.5) is 11.4 Å².